The summed E-state index contributed by atoms with van der Waals surface area (Å²) in [5, 5.41) is 3.21. The molecule has 0 bridgehead atoms. The molecule has 0 heterocycles. The predicted molar refractivity (Wildman–Crippen MR) is 97.2 cm³/mol. The summed E-state index contributed by atoms with van der Waals surface area (Å²) in [7, 11) is -12.2. The van der Waals surface area contributed by atoms with Crippen molar-refractivity contribution < 1.29 is 72.1 Å². The number of benzene rings is 1. The van der Waals surface area contributed by atoms with Crippen molar-refractivity contribution in [3.63, 3.8) is 0 Å². The van der Waals surface area contributed by atoms with Gasteiger partial charge in [-0.1, -0.05) is 18.2 Å². The van der Waals surface area contributed by atoms with Gasteiger partial charge in [0.15, 0.2) is 20.2 Å². The van der Waals surface area contributed by atoms with Crippen LogP contribution >= 0.6 is 0 Å². The smallest absolute Gasteiger partial charge is 0.741 e. The van der Waals surface area contributed by atoms with E-state index in [1.54, 1.807) is 0 Å². The van der Waals surface area contributed by atoms with Gasteiger partial charge in [0, 0.05) is 12.2 Å². The molecule has 0 unspecified atom stereocenters. The van der Waals surface area contributed by atoms with Crippen LogP contribution in [0.5, 0.6) is 0 Å². The average molecular weight is 695 g/mol. The Kier molecular flexibility index (Phi) is 34.8. The first-order chi connectivity index (χ1) is 10.9. The van der Waals surface area contributed by atoms with Gasteiger partial charge in [-0.05, 0) is 19.1 Å². The minimum Gasteiger partial charge on any atom is -0.741 e. The SMILES string of the molecule is CCNc1ccccc1.N.N.N.N.N.O=S(=O)([O-])C(F)(F)F.O=S(=O)([O-])C(F)(F)F.[Os+2]. The summed E-state index contributed by atoms with van der Waals surface area (Å²) in [5.41, 5.74) is -10.1. The average Bonchev–Trinajstić information content (AvgIpc) is 2.37. The summed E-state index contributed by atoms with van der Waals surface area (Å²) in [5.74, 6) is 0. The van der Waals surface area contributed by atoms with Crippen LogP contribution in [-0.2, 0) is 40.0 Å². The van der Waals surface area contributed by atoms with E-state index >= 15 is 0 Å². The Hall–Kier alpha value is -1.14. The number of nitrogens with one attached hydrogen (secondary N) is 1. The van der Waals surface area contributed by atoms with Crippen LogP contribution in [0.1, 0.15) is 6.92 Å². The Morgan fingerprint density at radius 1 is 0.742 bits per heavy atom. The van der Waals surface area contributed by atoms with Gasteiger partial charge in [0.2, 0.25) is 0 Å². The summed E-state index contributed by atoms with van der Waals surface area (Å²) >= 11 is 0. The van der Waals surface area contributed by atoms with Gasteiger partial charge >= 0.3 is 30.8 Å². The van der Waals surface area contributed by atoms with Crippen molar-refractivity contribution in [3.8, 4) is 0 Å². The third-order valence-corrected chi connectivity index (χ3v) is 2.86. The molecule has 0 aromatic heterocycles. The first-order valence-corrected chi connectivity index (χ1v) is 8.58. The Balaban J connectivity index is -0.0000000390. The van der Waals surface area contributed by atoms with E-state index in [0.717, 1.165) is 6.54 Å². The van der Waals surface area contributed by atoms with Crippen molar-refractivity contribution in [3.05, 3.63) is 30.3 Å². The van der Waals surface area contributed by atoms with Crippen molar-refractivity contribution in [2.45, 2.75) is 17.9 Å². The molecule has 0 aliphatic rings. The molecule has 194 valence electrons. The zero-order valence-electron chi connectivity index (χ0n) is 16.0. The molecule has 1 rings (SSSR count). The van der Waals surface area contributed by atoms with Crippen molar-refractivity contribution >= 4 is 25.9 Å². The van der Waals surface area contributed by atoms with Gasteiger partial charge in [-0.15, -0.1) is 0 Å². The Labute approximate surface area is 189 Å². The van der Waals surface area contributed by atoms with Crippen molar-refractivity contribution in [2.75, 3.05) is 11.9 Å². The van der Waals surface area contributed by atoms with E-state index in [2.05, 4.69) is 24.4 Å². The predicted octanol–water partition coefficient (Wildman–Crippen LogP) is 3.03. The van der Waals surface area contributed by atoms with E-state index in [1.165, 1.54) is 5.69 Å². The Morgan fingerprint density at radius 2 is 0.968 bits per heavy atom. The number of hydrogen-bond acceptors (Lipinski definition) is 12. The summed E-state index contributed by atoms with van der Waals surface area (Å²) in [6, 6.07) is 10.2. The summed E-state index contributed by atoms with van der Waals surface area (Å²) in [6.07, 6.45) is 0. The maximum absolute atomic E-state index is 10.7. The van der Waals surface area contributed by atoms with Crippen LogP contribution in [0.25, 0.3) is 0 Å². The topological polar surface area (TPSA) is 301 Å². The van der Waals surface area contributed by atoms with Crippen LogP contribution in [0, 0.1) is 0 Å². The maximum atomic E-state index is 10.7. The Bertz CT molecular complexity index is 680. The molecule has 1 aromatic carbocycles. The zero-order chi connectivity index (χ0) is 20.5. The molecule has 0 amide bonds. The number of rotatable bonds is 2. The fourth-order valence-electron chi connectivity index (χ4n) is 0.760. The molecular weight excluding hydrogens is 668 g/mol. The number of halogens is 6. The van der Waals surface area contributed by atoms with Gasteiger partial charge in [-0.25, -0.2) is 16.8 Å². The van der Waals surface area contributed by atoms with E-state index in [-0.39, 0.29) is 50.5 Å². The summed E-state index contributed by atoms with van der Waals surface area (Å²) < 4.78 is 118. The molecule has 0 saturated heterocycles. The van der Waals surface area contributed by atoms with Gasteiger partial charge in [0.05, 0.1) is 0 Å². The van der Waals surface area contributed by atoms with Crippen LogP contribution in [0.15, 0.2) is 30.3 Å². The number of anilines is 1. The molecule has 0 fully saturated rings. The molecular formula is C10H26F6N6O6OsS2. The van der Waals surface area contributed by atoms with E-state index in [0.29, 0.717) is 0 Å². The minimum absolute atomic E-state index is 0. The molecule has 0 radical (unpaired) electrons. The largest absolute Gasteiger partial charge is 2.00 e. The normalized spacial score (nSPS) is 9.84. The quantitative estimate of drug-likeness (QED) is 0.148. The first-order valence-electron chi connectivity index (χ1n) is 5.76. The van der Waals surface area contributed by atoms with Crippen molar-refractivity contribution in [1.29, 1.82) is 0 Å². The zero-order valence-corrected chi connectivity index (χ0v) is 20.2. The van der Waals surface area contributed by atoms with Gasteiger partial charge in [-0.3, -0.25) is 0 Å². The number of para-hydroxylation sites is 1. The van der Waals surface area contributed by atoms with E-state index in [9.17, 15) is 26.3 Å². The third-order valence-electron chi connectivity index (χ3n) is 1.72. The van der Waals surface area contributed by atoms with Crippen LogP contribution in [-0.4, -0.2) is 43.5 Å². The summed E-state index contributed by atoms with van der Waals surface area (Å²) in [6.45, 7) is 3.08. The summed E-state index contributed by atoms with van der Waals surface area (Å²) in [4.78, 5) is 0. The van der Waals surface area contributed by atoms with Crippen LogP contribution in [0.4, 0.5) is 32.0 Å². The molecule has 0 aliphatic carbocycles. The van der Waals surface area contributed by atoms with E-state index in [1.807, 2.05) is 18.2 Å². The first kappa shape index (κ1) is 52.0. The second-order valence-electron chi connectivity index (χ2n) is 3.70. The van der Waals surface area contributed by atoms with Gasteiger partial charge in [0.1, 0.15) is 0 Å². The van der Waals surface area contributed by atoms with Crippen LogP contribution in [0.2, 0.25) is 0 Å². The van der Waals surface area contributed by atoms with E-state index in [4.69, 9.17) is 25.9 Å². The fourth-order valence-corrected chi connectivity index (χ4v) is 0.760. The van der Waals surface area contributed by atoms with Crippen molar-refractivity contribution in [1.82, 2.24) is 30.8 Å². The molecule has 21 heteroatoms. The molecule has 31 heavy (non-hydrogen) atoms. The maximum Gasteiger partial charge on any atom is 2.00 e. The van der Waals surface area contributed by atoms with E-state index < -0.39 is 31.3 Å². The second kappa shape index (κ2) is 20.7. The molecule has 12 nitrogen and oxygen atoms in total. The molecule has 0 spiro atoms. The standard InChI is InChI=1S/C8H11N.2CHF3O3S.5H3N.Os/c1-2-9-8-6-4-3-5-7-8;2*2-1(3,4)8(5,6)7;;;;;;/h3-7,9H,2H2,1H3;2*(H,5,6,7);5*1H3;/q;;;;;;;;+2/p-2. The monoisotopic (exact) mass is 696 g/mol. The molecule has 16 N–H and O–H groups in total. The van der Waals surface area contributed by atoms with Gasteiger partial charge < -0.3 is 45.2 Å². The van der Waals surface area contributed by atoms with Gasteiger partial charge in [-0.2, -0.15) is 26.3 Å². The van der Waals surface area contributed by atoms with Crippen LogP contribution in [0.3, 0.4) is 0 Å². The van der Waals surface area contributed by atoms with Gasteiger partial charge in [0.25, 0.3) is 0 Å². The molecule has 1 aromatic rings. The number of hydrogen-bond donors (Lipinski definition) is 6. The molecule has 0 saturated carbocycles. The molecule has 0 aliphatic heterocycles. The Morgan fingerprint density at radius 3 is 1.13 bits per heavy atom. The second-order valence-corrected chi connectivity index (χ2v) is 6.44. The van der Waals surface area contributed by atoms with Crippen LogP contribution < -0.4 is 36.1 Å². The van der Waals surface area contributed by atoms with Crippen molar-refractivity contribution in [2.24, 2.45) is 0 Å². The minimum atomic E-state index is -6.09. The molecule has 0 atom stereocenters. The third kappa shape index (κ3) is 26.8. The fraction of sp³-hybridized carbons (Fsp3) is 0.400. The number of alkyl halides is 6.